The van der Waals surface area contributed by atoms with Crippen LogP contribution >= 0.6 is 0 Å². The number of hydrogen-bond donors (Lipinski definition) is 2. The summed E-state index contributed by atoms with van der Waals surface area (Å²) in [5.74, 6) is -0.750. The number of fused-ring (bicyclic) bond motifs is 1. The molecule has 7 nitrogen and oxygen atoms in total. The third kappa shape index (κ3) is 5.11. The number of carbonyl (C=O) groups excluding carboxylic acids is 1. The number of halogens is 3. The molecule has 0 aliphatic carbocycles. The molecule has 11 heteroatoms. The number of ether oxygens (including phenoxy) is 1. The van der Waals surface area contributed by atoms with Gasteiger partial charge in [0.1, 0.15) is 5.75 Å². The number of aromatic amines is 1. The van der Waals surface area contributed by atoms with Crippen molar-refractivity contribution in [2.75, 3.05) is 0 Å². The minimum atomic E-state index is -4.83. The highest BCUT2D eigenvalue weighted by atomic mass is 32.2. The van der Waals surface area contributed by atoms with Crippen molar-refractivity contribution in [2.24, 2.45) is 0 Å². The van der Waals surface area contributed by atoms with Crippen molar-refractivity contribution in [3.8, 4) is 5.75 Å². The van der Waals surface area contributed by atoms with Crippen molar-refractivity contribution in [3.63, 3.8) is 0 Å². The first kappa shape index (κ1) is 21.5. The third-order valence-electron chi connectivity index (χ3n) is 4.40. The Kier molecular flexibility index (Phi) is 5.91. The molecule has 0 saturated carbocycles. The lowest BCUT2D eigenvalue weighted by atomic mass is 10.2. The van der Waals surface area contributed by atoms with E-state index in [4.69, 9.17) is 0 Å². The fourth-order valence-corrected chi connectivity index (χ4v) is 3.98. The lowest BCUT2D eigenvalue weighted by Gasteiger charge is -2.10. The van der Waals surface area contributed by atoms with E-state index in [1.54, 1.807) is 36.5 Å². The number of rotatable bonds is 6. The molecule has 0 fully saturated rings. The zero-order chi connectivity index (χ0) is 22.7. The number of H-pyrrole nitrogens is 1. The van der Waals surface area contributed by atoms with E-state index in [-0.39, 0.29) is 17.3 Å². The summed E-state index contributed by atoms with van der Waals surface area (Å²) in [6.07, 6.45) is -1.81. The third-order valence-corrected chi connectivity index (χ3v) is 5.78. The van der Waals surface area contributed by atoms with Crippen LogP contribution in [0, 0.1) is 0 Å². The second-order valence-corrected chi connectivity index (χ2v) is 8.13. The molecular weight excluding hydrogens is 445 g/mol. The molecule has 164 valence electrons. The highest BCUT2D eigenvalue weighted by molar-refractivity contribution is 7.85. The summed E-state index contributed by atoms with van der Waals surface area (Å²) in [5.41, 5.74) is 1.73. The van der Waals surface area contributed by atoms with E-state index in [1.807, 2.05) is 0 Å². The van der Waals surface area contributed by atoms with Gasteiger partial charge in [-0.05, 0) is 42.0 Å². The summed E-state index contributed by atoms with van der Waals surface area (Å²) in [5, 5.41) is 10.1. The highest BCUT2D eigenvalue weighted by Gasteiger charge is 2.31. The minimum Gasteiger partial charge on any atom is -0.406 e. The van der Waals surface area contributed by atoms with Crippen molar-refractivity contribution >= 4 is 27.7 Å². The van der Waals surface area contributed by atoms with Crippen molar-refractivity contribution < 1.29 is 26.9 Å². The quantitative estimate of drug-likeness (QED) is 0.454. The fourth-order valence-electron chi connectivity index (χ4n) is 2.90. The van der Waals surface area contributed by atoms with Crippen LogP contribution in [0.2, 0.25) is 0 Å². The van der Waals surface area contributed by atoms with Gasteiger partial charge in [-0.3, -0.25) is 9.89 Å². The zero-order valence-corrected chi connectivity index (χ0v) is 17.0. The fraction of sp³-hybridized carbons (Fsp3) is 0.0952. The molecule has 1 amide bonds. The summed E-state index contributed by atoms with van der Waals surface area (Å²) < 4.78 is 53.8. The van der Waals surface area contributed by atoms with Gasteiger partial charge in [0.25, 0.3) is 5.91 Å². The topological polar surface area (TPSA) is 97.0 Å². The summed E-state index contributed by atoms with van der Waals surface area (Å²) in [7, 11) is -1.70. The average molecular weight is 460 g/mol. The molecule has 0 radical (unpaired) electrons. The lowest BCUT2D eigenvalue weighted by molar-refractivity contribution is -0.274. The predicted octanol–water partition coefficient (Wildman–Crippen LogP) is 3.95. The first-order valence-electron chi connectivity index (χ1n) is 9.22. The van der Waals surface area contributed by atoms with Gasteiger partial charge in [-0.15, -0.1) is 13.2 Å². The smallest absolute Gasteiger partial charge is 0.406 e. The molecule has 2 aromatic heterocycles. The molecule has 1 unspecified atom stereocenters. The van der Waals surface area contributed by atoms with Crippen molar-refractivity contribution in [1.82, 2.24) is 20.5 Å². The van der Waals surface area contributed by atoms with Gasteiger partial charge >= 0.3 is 6.36 Å². The number of carbonyl (C=O) groups is 1. The number of nitrogens with one attached hydrogen (secondary N) is 2. The zero-order valence-electron chi connectivity index (χ0n) is 16.2. The molecule has 0 saturated heterocycles. The van der Waals surface area contributed by atoms with Gasteiger partial charge in [-0.1, -0.05) is 18.2 Å². The van der Waals surface area contributed by atoms with Crippen LogP contribution in [0.5, 0.6) is 5.75 Å². The maximum atomic E-state index is 12.7. The van der Waals surface area contributed by atoms with Crippen molar-refractivity contribution in [1.29, 1.82) is 0 Å². The Morgan fingerprint density at radius 2 is 1.84 bits per heavy atom. The average Bonchev–Trinajstić information content (AvgIpc) is 3.24. The lowest BCUT2D eigenvalue weighted by Crippen LogP contribution is -2.22. The van der Waals surface area contributed by atoms with E-state index in [1.165, 1.54) is 18.3 Å². The van der Waals surface area contributed by atoms with Crippen molar-refractivity contribution in [3.05, 3.63) is 78.1 Å². The number of amides is 1. The molecule has 2 heterocycles. The van der Waals surface area contributed by atoms with Gasteiger partial charge in [0, 0.05) is 27.9 Å². The Morgan fingerprint density at radius 3 is 2.59 bits per heavy atom. The van der Waals surface area contributed by atoms with Gasteiger partial charge in [0.05, 0.1) is 22.6 Å². The van der Waals surface area contributed by atoms with Crippen LogP contribution in [0.15, 0.2) is 76.8 Å². The molecule has 0 spiro atoms. The Labute approximate surface area is 182 Å². The van der Waals surface area contributed by atoms with Crippen LogP contribution in [0.1, 0.15) is 15.9 Å². The monoisotopic (exact) mass is 460 g/mol. The predicted molar refractivity (Wildman–Crippen MR) is 109 cm³/mol. The summed E-state index contributed by atoms with van der Waals surface area (Å²) in [6, 6.07) is 13.2. The molecule has 2 N–H and O–H groups in total. The Bertz CT molecular complexity index is 1290. The minimum absolute atomic E-state index is 0.176. The standard InChI is InChI=1S/C21H15F3N4O3S/c22-21(23,24)31-16-2-1-3-18(9-16)32(30)17-6-4-13(5-7-17)10-26-20(29)15-8-14-12-27-28-19(14)25-11-15/h1-9,11-12H,10H2,(H,26,29)(H,25,27,28). The highest BCUT2D eigenvalue weighted by Crippen LogP contribution is 2.26. The summed E-state index contributed by atoms with van der Waals surface area (Å²) >= 11 is 0. The molecule has 4 rings (SSSR count). The largest absolute Gasteiger partial charge is 0.573 e. The van der Waals surface area contributed by atoms with E-state index in [2.05, 4.69) is 25.2 Å². The Balaban J connectivity index is 1.40. The van der Waals surface area contributed by atoms with E-state index < -0.39 is 22.9 Å². The summed E-state index contributed by atoms with van der Waals surface area (Å²) in [4.78, 5) is 17.0. The van der Waals surface area contributed by atoms with Crippen LogP contribution in [-0.4, -0.2) is 31.7 Å². The van der Waals surface area contributed by atoms with Gasteiger partial charge in [0.2, 0.25) is 0 Å². The molecule has 32 heavy (non-hydrogen) atoms. The second-order valence-electron chi connectivity index (χ2n) is 6.65. The molecule has 0 aliphatic heterocycles. The van der Waals surface area contributed by atoms with Gasteiger partial charge < -0.3 is 10.1 Å². The van der Waals surface area contributed by atoms with E-state index in [0.29, 0.717) is 21.5 Å². The van der Waals surface area contributed by atoms with Gasteiger partial charge in [-0.2, -0.15) is 5.10 Å². The van der Waals surface area contributed by atoms with E-state index >= 15 is 0 Å². The first-order chi connectivity index (χ1) is 15.3. The van der Waals surface area contributed by atoms with Crippen LogP contribution in [0.3, 0.4) is 0 Å². The van der Waals surface area contributed by atoms with Crippen LogP contribution in [-0.2, 0) is 17.3 Å². The van der Waals surface area contributed by atoms with E-state index in [0.717, 1.165) is 17.7 Å². The SMILES string of the molecule is O=C(NCc1ccc(S(=O)c2cccc(OC(F)(F)F)c2)cc1)c1cnc2[nH]ncc2c1. The molecule has 0 bridgehead atoms. The summed E-state index contributed by atoms with van der Waals surface area (Å²) in [6.45, 7) is 0.226. The van der Waals surface area contributed by atoms with Crippen LogP contribution in [0.25, 0.3) is 11.0 Å². The molecule has 2 aromatic carbocycles. The van der Waals surface area contributed by atoms with Gasteiger partial charge in [0.15, 0.2) is 5.65 Å². The Morgan fingerprint density at radius 1 is 1.06 bits per heavy atom. The van der Waals surface area contributed by atoms with Crippen molar-refractivity contribution in [2.45, 2.75) is 22.7 Å². The van der Waals surface area contributed by atoms with Crippen LogP contribution in [0.4, 0.5) is 13.2 Å². The number of aromatic nitrogens is 3. The van der Waals surface area contributed by atoms with Crippen LogP contribution < -0.4 is 10.1 Å². The number of pyridine rings is 1. The molecule has 4 aromatic rings. The number of alkyl halides is 3. The molecule has 0 aliphatic rings. The van der Waals surface area contributed by atoms with E-state index in [9.17, 15) is 22.2 Å². The molecule has 1 atom stereocenters. The number of benzene rings is 2. The normalized spacial score (nSPS) is 12.5. The maximum absolute atomic E-state index is 12.7. The first-order valence-corrected chi connectivity index (χ1v) is 10.4. The maximum Gasteiger partial charge on any atom is 0.573 e. The molecular formula is C21H15F3N4O3S. The number of nitrogens with zero attached hydrogens (tertiary/aromatic N) is 2. The number of hydrogen-bond acceptors (Lipinski definition) is 5. The second kappa shape index (κ2) is 8.79. The Hall–Kier alpha value is -3.73. The van der Waals surface area contributed by atoms with Gasteiger partial charge in [-0.25, -0.2) is 9.19 Å².